The van der Waals surface area contributed by atoms with Crippen molar-refractivity contribution in [1.82, 2.24) is 4.57 Å². The minimum absolute atomic E-state index is 0.0105. The zero-order valence-corrected chi connectivity index (χ0v) is 16.8. The van der Waals surface area contributed by atoms with Crippen LogP contribution in [0.4, 0.5) is 5.69 Å². The van der Waals surface area contributed by atoms with E-state index in [9.17, 15) is 9.59 Å². The van der Waals surface area contributed by atoms with Crippen LogP contribution in [0.3, 0.4) is 0 Å². The van der Waals surface area contributed by atoms with Crippen LogP contribution in [0, 0.1) is 0 Å². The summed E-state index contributed by atoms with van der Waals surface area (Å²) in [5, 5.41) is 2.88. The summed E-state index contributed by atoms with van der Waals surface area (Å²) in [6, 6.07) is 13.4. The van der Waals surface area contributed by atoms with E-state index in [2.05, 4.69) is 12.2 Å². The second kappa shape index (κ2) is 7.96. The number of carbonyl (C=O) groups excluding carboxylic acids is 1. The minimum atomic E-state index is -0.632. The second-order valence-corrected chi connectivity index (χ2v) is 7.72. The van der Waals surface area contributed by atoms with Gasteiger partial charge >= 0.3 is 4.87 Å². The van der Waals surface area contributed by atoms with Gasteiger partial charge in [0.05, 0.1) is 10.2 Å². The summed E-state index contributed by atoms with van der Waals surface area (Å²) in [5.41, 5.74) is 2.61. The molecule has 0 radical (unpaired) electrons. The average Bonchev–Trinajstić information content (AvgIpc) is 2.97. The van der Waals surface area contributed by atoms with Crippen LogP contribution in [0.2, 0.25) is 0 Å². The molecule has 6 heteroatoms. The van der Waals surface area contributed by atoms with E-state index >= 15 is 0 Å². The minimum Gasteiger partial charge on any atom is -0.481 e. The van der Waals surface area contributed by atoms with Gasteiger partial charge in [-0.15, -0.1) is 0 Å². The van der Waals surface area contributed by atoms with E-state index in [1.54, 1.807) is 11.5 Å². The van der Waals surface area contributed by atoms with Gasteiger partial charge in [0.15, 0.2) is 6.10 Å². The number of ether oxygens (including phenoxy) is 1. The van der Waals surface area contributed by atoms with Crippen LogP contribution >= 0.6 is 11.3 Å². The monoisotopic (exact) mass is 384 g/mol. The Morgan fingerprint density at radius 3 is 2.63 bits per heavy atom. The summed E-state index contributed by atoms with van der Waals surface area (Å²) >= 11 is 1.19. The van der Waals surface area contributed by atoms with Crippen LogP contribution in [0.25, 0.3) is 10.2 Å². The molecule has 3 aromatic rings. The lowest BCUT2D eigenvalue weighted by molar-refractivity contribution is -0.122. The molecule has 2 aromatic carbocycles. The fraction of sp³-hybridized carbons (Fsp3) is 0.333. The normalized spacial score (nSPS) is 12.3. The number of fused-ring (bicyclic) bond motifs is 1. The lowest BCUT2D eigenvalue weighted by Gasteiger charge is -2.17. The molecule has 0 fully saturated rings. The van der Waals surface area contributed by atoms with Crippen LogP contribution in [0.1, 0.15) is 39.3 Å². The Hall–Kier alpha value is -2.60. The fourth-order valence-electron chi connectivity index (χ4n) is 3.00. The number of carbonyl (C=O) groups is 1. The molecule has 0 unspecified atom stereocenters. The van der Waals surface area contributed by atoms with Crippen molar-refractivity contribution in [2.24, 2.45) is 0 Å². The number of para-hydroxylation sites is 1. The number of amides is 1. The number of rotatable bonds is 6. The predicted octanol–water partition coefficient (Wildman–Crippen LogP) is 4.61. The Kier molecular flexibility index (Phi) is 5.65. The van der Waals surface area contributed by atoms with Gasteiger partial charge in [-0.3, -0.25) is 14.2 Å². The Labute approximate surface area is 162 Å². The van der Waals surface area contributed by atoms with Gasteiger partial charge in [0.2, 0.25) is 0 Å². The van der Waals surface area contributed by atoms with E-state index < -0.39 is 6.10 Å². The third-order valence-electron chi connectivity index (χ3n) is 4.42. The average molecular weight is 385 g/mol. The molecule has 1 aromatic heterocycles. The summed E-state index contributed by atoms with van der Waals surface area (Å²) in [5.74, 6) is 0.501. The van der Waals surface area contributed by atoms with E-state index in [1.165, 1.54) is 11.3 Å². The molecule has 0 bridgehead atoms. The van der Waals surface area contributed by atoms with Crippen molar-refractivity contribution in [3.63, 3.8) is 0 Å². The summed E-state index contributed by atoms with van der Waals surface area (Å²) in [4.78, 5) is 24.7. The van der Waals surface area contributed by atoms with Crippen molar-refractivity contribution in [2.75, 3.05) is 5.32 Å². The van der Waals surface area contributed by atoms with Crippen molar-refractivity contribution >= 4 is 33.1 Å². The number of benzene rings is 2. The molecule has 5 nitrogen and oxygen atoms in total. The second-order valence-electron chi connectivity index (χ2n) is 6.72. The molecule has 1 atom stereocenters. The fourth-order valence-corrected chi connectivity index (χ4v) is 4.05. The van der Waals surface area contributed by atoms with E-state index in [0.717, 1.165) is 28.0 Å². The van der Waals surface area contributed by atoms with Gasteiger partial charge in [-0.25, -0.2) is 0 Å². The molecule has 0 saturated carbocycles. The molecule has 0 aliphatic carbocycles. The lowest BCUT2D eigenvalue weighted by atomic mass is 10.1. The van der Waals surface area contributed by atoms with Gasteiger partial charge in [-0.1, -0.05) is 36.5 Å². The highest BCUT2D eigenvalue weighted by Crippen LogP contribution is 2.25. The quantitative estimate of drug-likeness (QED) is 0.675. The number of hydrogen-bond donors (Lipinski definition) is 1. The first kappa shape index (κ1) is 19.2. The van der Waals surface area contributed by atoms with E-state index in [1.807, 2.05) is 56.3 Å². The highest BCUT2D eigenvalue weighted by atomic mass is 32.1. The SMILES string of the molecule is CCc1ccccc1O[C@H](C)C(=O)Nc1ccc2c(c1)sc(=O)n2C(C)C. The molecular formula is C21H24N2O3S. The molecular weight excluding hydrogens is 360 g/mol. The number of nitrogens with one attached hydrogen (secondary N) is 1. The van der Waals surface area contributed by atoms with Crippen molar-refractivity contribution in [2.45, 2.75) is 46.3 Å². The number of aryl methyl sites for hydroxylation is 1. The first-order valence-corrected chi connectivity index (χ1v) is 9.93. The summed E-state index contributed by atoms with van der Waals surface area (Å²) in [6.45, 7) is 7.75. The molecule has 1 heterocycles. The first-order chi connectivity index (χ1) is 12.9. The van der Waals surface area contributed by atoms with Crippen molar-refractivity contribution in [3.8, 4) is 5.75 Å². The Balaban J connectivity index is 1.76. The van der Waals surface area contributed by atoms with Gasteiger partial charge in [-0.05, 0) is 57.0 Å². The van der Waals surface area contributed by atoms with Crippen molar-refractivity contribution in [1.29, 1.82) is 0 Å². The predicted molar refractivity (Wildman–Crippen MR) is 111 cm³/mol. The van der Waals surface area contributed by atoms with Crippen LogP contribution in [-0.4, -0.2) is 16.6 Å². The molecule has 142 valence electrons. The third kappa shape index (κ3) is 4.06. The van der Waals surface area contributed by atoms with Crippen LogP contribution < -0.4 is 14.9 Å². The maximum absolute atomic E-state index is 12.5. The van der Waals surface area contributed by atoms with Crippen molar-refractivity contribution < 1.29 is 9.53 Å². The zero-order chi connectivity index (χ0) is 19.6. The topological polar surface area (TPSA) is 60.3 Å². The highest BCUT2D eigenvalue weighted by Gasteiger charge is 2.17. The Bertz CT molecular complexity index is 1020. The maximum Gasteiger partial charge on any atom is 0.308 e. The number of aromatic nitrogens is 1. The van der Waals surface area contributed by atoms with Gasteiger partial charge < -0.3 is 10.1 Å². The third-order valence-corrected chi connectivity index (χ3v) is 5.34. The Morgan fingerprint density at radius 2 is 1.93 bits per heavy atom. The molecule has 27 heavy (non-hydrogen) atoms. The number of hydrogen-bond acceptors (Lipinski definition) is 4. The molecule has 0 aliphatic rings. The summed E-state index contributed by atoms with van der Waals surface area (Å²) in [6.07, 6.45) is 0.208. The molecule has 0 saturated heterocycles. The van der Waals surface area contributed by atoms with Crippen molar-refractivity contribution in [3.05, 3.63) is 57.7 Å². The zero-order valence-electron chi connectivity index (χ0n) is 16.0. The summed E-state index contributed by atoms with van der Waals surface area (Å²) in [7, 11) is 0. The molecule has 1 N–H and O–H groups in total. The van der Waals surface area contributed by atoms with Gasteiger partial charge in [0, 0.05) is 11.7 Å². The largest absolute Gasteiger partial charge is 0.481 e. The van der Waals surface area contributed by atoms with Crippen LogP contribution in [0.5, 0.6) is 5.75 Å². The van der Waals surface area contributed by atoms with Gasteiger partial charge in [0.1, 0.15) is 5.75 Å². The van der Waals surface area contributed by atoms with E-state index in [4.69, 9.17) is 4.74 Å². The first-order valence-electron chi connectivity index (χ1n) is 9.11. The van der Waals surface area contributed by atoms with Crippen LogP contribution in [0.15, 0.2) is 47.3 Å². The molecule has 1 amide bonds. The highest BCUT2D eigenvalue weighted by molar-refractivity contribution is 7.16. The number of thiazole rings is 1. The van der Waals surface area contributed by atoms with E-state index in [-0.39, 0.29) is 16.8 Å². The molecule has 0 spiro atoms. The molecule has 3 rings (SSSR count). The maximum atomic E-state index is 12.5. The number of anilines is 1. The number of nitrogens with zero attached hydrogens (tertiary/aromatic N) is 1. The smallest absolute Gasteiger partial charge is 0.308 e. The standard InChI is InChI=1S/C21H24N2O3S/c1-5-15-8-6-7-9-18(15)26-14(4)20(24)22-16-10-11-17-19(12-16)27-21(25)23(17)13(2)3/h6-14H,5H2,1-4H3,(H,22,24)/t14-/m1/s1. The lowest BCUT2D eigenvalue weighted by Crippen LogP contribution is -2.30. The molecule has 0 aliphatic heterocycles. The summed E-state index contributed by atoms with van der Waals surface area (Å²) < 4.78 is 8.47. The van der Waals surface area contributed by atoms with Gasteiger partial charge in [-0.2, -0.15) is 0 Å². The van der Waals surface area contributed by atoms with Gasteiger partial charge in [0.25, 0.3) is 5.91 Å². The van der Waals surface area contributed by atoms with Crippen LogP contribution in [-0.2, 0) is 11.2 Å². The Morgan fingerprint density at radius 1 is 1.19 bits per heavy atom. The van der Waals surface area contributed by atoms with E-state index in [0.29, 0.717) is 5.69 Å².